The average molecular weight is 492 g/mol. The molecule has 4 rings (SSSR count). The Morgan fingerprint density at radius 2 is 1.88 bits per heavy atom. The molecule has 1 fully saturated rings. The Morgan fingerprint density at radius 3 is 2.56 bits per heavy atom. The lowest BCUT2D eigenvalue weighted by Gasteiger charge is -2.40. The first-order valence-corrected chi connectivity index (χ1v) is 11.2. The third kappa shape index (κ3) is 4.74. The maximum Gasteiger partial charge on any atom is 0.387 e. The zero-order valence-electron chi connectivity index (χ0n) is 18.7. The Bertz CT molecular complexity index is 1140. The normalized spacial score (nSPS) is 18.9. The Morgan fingerprint density at radius 1 is 1.18 bits per heavy atom. The number of carbonyl (C=O) groups excluding carboxylic acids is 1. The molecule has 0 bridgehead atoms. The molecule has 180 valence electrons. The van der Waals surface area contributed by atoms with E-state index in [4.69, 9.17) is 21.7 Å². The van der Waals surface area contributed by atoms with Gasteiger partial charge in [0.2, 0.25) is 0 Å². The number of hydrogen-bond acceptors (Lipinski definition) is 4. The van der Waals surface area contributed by atoms with Crippen LogP contribution in [0.1, 0.15) is 24.1 Å². The third-order valence-electron chi connectivity index (χ3n) is 5.87. The molecule has 2 aliphatic heterocycles. The van der Waals surface area contributed by atoms with Crippen molar-refractivity contribution in [2.75, 3.05) is 31.2 Å². The van der Waals surface area contributed by atoms with Gasteiger partial charge in [0.1, 0.15) is 11.6 Å². The molecule has 0 aliphatic carbocycles. The number of aryl methyl sites for hydroxylation is 1. The van der Waals surface area contributed by atoms with Gasteiger partial charge in [0.25, 0.3) is 5.91 Å². The molecule has 1 atom stereocenters. The van der Waals surface area contributed by atoms with Crippen molar-refractivity contribution in [3.63, 3.8) is 0 Å². The average Bonchev–Trinajstić information content (AvgIpc) is 2.81. The predicted molar refractivity (Wildman–Crippen MR) is 125 cm³/mol. The van der Waals surface area contributed by atoms with E-state index in [2.05, 4.69) is 5.32 Å². The zero-order chi connectivity index (χ0) is 24.4. The summed E-state index contributed by atoms with van der Waals surface area (Å²) in [6.45, 7) is 1.90. The summed E-state index contributed by atoms with van der Waals surface area (Å²) < 4.78 is 50.7. The molecule has 0 aromatic heterocycles. The minimum Gasteiger partial charge on any atom is -0.434 e. The maximum absolute atomic E-state index is 14.4. The third-order valence-corrected chi connectivity index (χ3v) is 6.17. The number of alkyl halides is 2. The zero-order valence-corrected chi connectivity index (χ0v) is 19.5. The smallest absolute Gasteiger partial charge is 0.387 e. The number of ether oxygens (including phenoxy) is 2. The minimum absolute atomic E-state index is 0.0623. The van der Waals surface area contributed by atoms with Crippen LogP contribution in [0, 0.1) is 12.7 Å². The van der Waals surface area contributed by atoms with Gasteiger partial charge in [-0.2, -0.15) is 8.78 Å². The number of morpholine rings is 1. The fraction of sp³-hybridized carbons (Fsp3) is 0.333. The number of benzene rings is 2. The van der Waals surface area contributed by atoms with E-state index in [1.807, 2.05) is 0 Å². The lowest BCUT2D eigenvalue weighted by atomic mass is 9.92. The molecule has 0 saturated carbocycles. The molecule has 2 aliphatic rings. The highest BCUT2D eigenvalue weighted by atomic mass is 32.1. The van der Waals surface area contributed by atoms with Gasteiger partial charge in [-0.1, -0.05) is 24.3 Å². The Hall–Kier alpha value is -3.11. The van der Waals surface area contributed by atoms with Crippen molar-refractivity contribution in [1.82, 2.24) is 10.2 Å². The van der Waals surface area contributed by atoms with Crippen LogP contribution < -0.4 is 15.0 Å². The first kappa shape index (κ1) is 24.0. The molecular weight excluding hydrogens is 467 g/mol. The second kappa shape index (κ2) is 10.0. The van der Waals surface area contributed by atoms with Crippen molar-refractivity contribution in [1.29, 1.82) is 0 Å². The van der Waals surface area contributed by atoms with Crippen molar-refractivity contribution in [2.24, 2.45) is 0 Å². The van der Waals surface area contributed by atoms with Crippen LogP contribution >= 0.6 is 12.2 Å². The van der Waals surface area contributed by atoms with Crippen molar-refractivity contribution >= 4 is 28.9 Å². The lowest BCUT2D eigenvalue weighted by Crippen LogP contribution is -2.51. The van der Waals surface area contributed by atoms with E-state index in [-0.39, 0.29) is 16.8 Å². The summed E-state index contributed by atoms with van der Waals surface area (Å²) in [5.74, 6) is -0.759. The number of hydrogen-bond donors (Lipinski definition) is 1. The number of carbonyl (C=O) groups is 1. The number of halogens is 3. The number of thiocarbonyl (C=S) groups is 1. The summed E-state index contributed by atoms with van der Waals surface area (Å²) in [7, 11) is 0. The standard InChI is InChI=1S/C24H24F3N3O3S/c1-14-7-8-16(13-18(14)25)30-15(2)20(22(31)29-9-11-32-12-10-29)21(28-24(30)34)17-5-3-4-6-19(17)33-23(26)27/h3-8,13,21,23H,9-12H2,1-2H3,(H,28,34)/t21-/m1/s1. The molecule has 34 heavy (non-hydrogen) atoms. The molecule has 0 spiro atoms. The number of anilines is 1. The van der Waals surface area contributed by atoms with Crippen LogP contribution in [0.25, 0.3) is 0 Å². The molecule has 1 saturated heterocycles. The summed E-state index contributed by atoms with van der Waals surface area (Å²) in [4.78, 5) is 17.0. The summed E-state index contributed by atoms with van der Waals surface area (Å²) in [6.07, 6.45) is 0. The Balaban J connectivity index is 1.85. The van der Waals surface area contributed by atoms with Gasteiger partial charge in [0.05, 0.1) is 30.5 Å². The number of para-hydroxylation sites is 1. The lowest BCUT2D eigenvalue weighted by molar-refractivity contribution is -0.131. The monoisotopic (exact) mass is 491 g/mol. The first-order chi connectivity index (χ1) is 16.3. The van der Waals surface area contributed by atoms with E-state index in [0.29, 0.717) is 54.4 Å². The van der Waals surface area contributed by atoms with Crippen LogP contribution in [0.5, 0.6) is 5.75 Å². The van der Waals surface area contributed by atoms with Gasteiger partial charge in [-0.25, -0.2) is 4.39 Å². The highest BCUT2D eigenvalue weighted by Crippen LogP contribution is 2.38. The quantitative estimate of drug-likeness (QED) is 0.630. The number of rotatable bonds is 5. The van der Waals surface area contributed by atoms with E-state index in [1.54, 1.807) is 54.0 Å². The summed E-state index contributed by atoms with van der Waals surface area (Å²) >= 11 is 5.59. The molecule has 0 radical (unpaired) electrons. The molecule has 0 unspecified atom stereocenters. The predicted octanol–water partition coefficient (Wildman–Crippen LogP) is 4.30. The Labute approximate surface area is 200 Å². The second-order valence-corrected chi connectivity index (χ2v) is 8.36. The number of nitrogens with one attached hydrogen (secondary N) is 1. The van der Waals surface area contributed by atoms with Crippen molar-refractivity contribution in [3.8, 4) is 5.75 Å². The van der Waals surface area contributed by atoms with E-state index in [1.165, 1.54) is 12.1 Å². The van der Waals surface area contributed by atoms with Crippen LogP contribution in [0.4, 0.5) is 18.9 Å². The largest absolute Gasteiger partial charge is 0.434 e. The molecular formula is C24H24F3N3O3S. The summed E-state index contributed by atoms with van der Waals surface area (Å²) in [5, 5.41) is 3.31. The number of nitrogens with zero attached hydrogens (tertiary/aromatic N) is 2. The van der Waals surface area contributed by atoms with Gasteiger partial charge in [-0.05, 0) is 49.8 Å². The van der Waals surface area contributed by atoms with Crippen LogP contribution in [-0.2, 0) is 9.53 Å². The van der Waals surface area contributed by atoms with Crippen molar-refractivity contribution in [2.45, 2.75) is 26.5 Å². The van der Waals surface area contributed by atoms with Crippen LogP contribution in [0.15, 0.2) is 53.7 Å². The van der Waals surface area contributed by atoms with Crippen molar-refractivity contribution in [3.05, 3.63) is 70.7 Å². The molecule has 2 aromatic rings. The topological polar surface area (TPSA) is 54.0 Å². The fourth-order valence-electron chi connectivity index (χ4n) is 4.14. The van der Waals surface area contributed by atoms with E-state index < -0.39 is 18.5 Å². The summed E-state index contributed by atoms with van der Waals surface area (Å²) in [5.41, 5.74) is 2.04. The van der Waals surface area contributed by atoms with Crippen LogP contribution in [-0.4, -0.2) is 48.8 Å². The molecule has 6 nitrogen and oxygen atoms in total. The number of amides is 1. The van der Waals surface area contributed by atoms with Crippen molar-refractivity contribution < 1.29 is 27.4 Å². The maximum atomic E-state index is 14.4. The SMILES string of the molecule is CC1=C(C(=O)N2CCOCC2)[C@@H](c2ccccc2OC(F)F)NC(=S)N1c1ccc(C)c(F)c1. The van der Waals surface area contributed by atoms with Gasteiger partial charge >= 0.3 is 6.61 Å². The van der Waals surface area contributed by atoms with E-state index in [9.17, 15) is 18.0 Å². The van der Waals surface area contributed by atoms with Gasteiger partial charge in [-0.15, -0.1) is 0 Å². The van der Waals surface area contributed by atoms with Crippen LogP contribution in [0.3, 0.4) is 0 Å². The fourth-order valence-corrected chi connectivity index (χ4v) is 4.50. The van der Waals surface area contributed by atoms with E-state index in [0.717, 1.165) is 0 Å². The Kier molecular flexibility index (Phi) is 7.08. The first-order valence-electron chi connectivity index (χ1n) is 10.8. The molecule has 2 heterocycles. The molecule has 1 amide bonds. The molecule has 1 N–H and O–H groups in total. The van der Waals surface area contributed by atoms with E-state index >= 15 is 0 Å². The van der Waals surface area contributed by atoms with Gasteiger partial charge < -0.3 is 19.7 Å². The highest BCUT2D eigenvalue weighted by Gasteiger charge is 2.38. The highest BCUT2D eigenvalue weighted by molar-refractivity contribution is 7.80. The van der Waals surface area contributed by atoms with Gasteiger partial charge in [0, 0.05) is 24.4 Å². The minimum atomic E-state index is -3.04. The number of allylic oxidation sites excluding steroid dienone is 1. The molecule has 2 aromatic carbocycles. The summed E-state index contributed by atoms with van der Waals surface area (Å²) in [6, 6.07) is 10.1. The van der Waals surface area contributed by atoms with Crippen LogP contribution in [0.2, 0.25) is 0 Å². The molecule has 10 heteroatoms. The van der Waals surface area contributed by atoms with Gasteiger partial charge in [0.15, 0.2) is 5.11 Å². The van der Waals surface area contributed by atoms with Gasteiger partial charge in [-0.3, -0.25) is 9.69 Å². The second-order valence-electron chi connectivity index (χ2n) is 7.97.